The first kappa shape index (κ1) is 22.7. The number of carbonyl (C=O) groups excluding carboxylic acids is 1. The monoisotopic (exact) mass is 483 g/mol. The Bertz CT molecular complexity index is 1390. The molecule has 0 spiro atoms. The number of hydrogen-bond acceptors (Lipinski definition) is 3. The summed E-state index contributed by atoms with van der Waals surface area (Å²) < 4.78 is 42.8. The van der Waals surface area contributed by atoms with Crippen molar-refractivity contribution in [1.29, 1.82) is 0 Å². The smallest absolute Gasteiger partial charge is 0.274 e. The Morgan fingerprint density at radius 2 is 1.94 bits per heavy atom. The standard InChI is InChI=1S/C26H24F3N3OS/c1-14-3-7-19(23(29)22(14)28)25-24(31-15(2)34-25)26(33)32(13-16-4-5-16)10-9-17-12-30-21-8-6-18(27)11-20(17)21/h3,6-8,11-12,16,30H,4-5,9-10,13H2,1-2H3. The predicted octanol–water partition coefficient (Wildman–Crippen LogP) is 6.42. The van der Waals surface area contributed by atoms with E-state index in [1.165, 1.54) is 42.5 Å². The molecule has 176 valence electrons. The van der Waals surface area contributed by atoms with Gasteiger partial charge in [-0.05, 0) is 68.4 Å². The van der Waals surface area contributed by atoms with Crippen molar-refractivity contribution in [3.8, 4) is 10.4 Å². The molecule has 1 amide bonds. The number of H-pyrrole nitrogens is 1. The van der Waals surface area contributed by atoms with Gasteiger partial charge in [-0.3, -0.25) is 4.79 Å². The minimum atomic E-state index is -0.965. The molecule has 0 bridgehead atoms. The molecule has 0 unspecified atom stereocenters. The van der Waals surface area contributed by atoms with E-state index >= 15 is 0 Å². The summed E-state index contributed by atoms with van der Waals surface area (Å²) in [7, 11) is 0. The Labute approximate surface area is 199 Å². The van der Waals surface area contributed by atoms with Crippen molar-refractivity contribution in [3.63, 3.8) is 0 Å². The molecule has 0 radical (unpaired) electrons. The maximum absolute atomic E-state index is 14.8. The van der Waals surface area contributed by atoms with Crippen LogP contribution in [-0.2, 0) is 6.42 Å². The highest BCUT2D eigenvalue weighted by Crippen LogP contribution is 2.36. The van der Waals surface area contributed by atoms with Crippen LogP contribution in [0.5, 0.6) is 0 Å². The summed E-state index contributed by atoms with van der Waals surface area (Å²) in [6.07, 6.45) is 4.49. The number of amides is 1. The Morgan fingerprint density at radius 1 is 1.15 bits per heavy atom. The highest BCUT2D eigenvalue weighted by atomic mass is 32.1. The number of benzene rings is 2. The number of aromatic nitrogens is 2. The third kappa shape index (κ3) is 4.34. The van der Waals surface area contributed by atoms with Crippen LogP contribution in [0.4, 0.5) is 13.2 Å². The van der Waals surface area contributed by atoms with Crippen LogP contribution in [0.2, 0.25) is 0 Å². The number of nitrogens with zero attached hydrogens (tertiary/aromatic N) is 2. The number of aromatic amines is 1. The average Bonchev–Trinajstić information content (AvgIpc) is 3.43. The molecular weight excluding hydrogens is 459 g/mol. The molecule has 1 aliphatic carbocycles. The van der Waals surface area contributed by atoms with E-state index in [1.807, 2.05) is 6.20 Å². The number of nitrogens with one attached hydrogen (secondary N) is 1. The second kappa shape index (κ2) is 8.91. The number of carbonyl (C=O) groups is 1. The fraction of sp³-hybridized carbons (Fsp3) is 0.308. The van der Waals surface area contributed by atoms with E-state index in [0.29, 0.717) is 35.3 Å². The average molecular weight is 484 g/mol. The van der Waals surface area contributed by atoms with Gasteiger partial charge in [0, 0.05) is 35.8 Å². The molecule has 1 saturated carbocycles. The number of fused-ring (bicyclic) bond motifs is 1. The molecule has 1 N–H and O–H groups in total. The lowest BCUT2D eigenvalue weighted by molar-refractivity contribution is 0.0745. The largest absolute Gasteiger partial charge is 0.361 e. The van der Waals surface area contributed by atoms with Gasteiger partial charge < -0.3 is 9.88 Å². The SMILES string of the molecule is Cc1nc(C(=O)N(CCc2c[nH]c3ccc(F)cc23)CC2CC2)c(-c2ccc(C)c(F)c2F)s1. The van der Waals surface area contributed by atoms with Crippen LogP contribution < -0.4 is 0 Å². The number of rotatable bonds is 7. The van der Waals surface area contributed by atoms with Gasteiger partial charge in [0.05, 0.1) is 9.88 Å². The maximum Gasteiger partial charge on any atom is 0.274 e. The van der Waals surface area contributed by atoms with Crippen molar-refractivity contribution in [3.05, 3.63) is 75.8 Å². The molecule has 1 fully saturated rings. The zero-order chi connectivity index (χ0) is 24.0. The normalized spacial score (nSPS) is 13.6. The molecule has 34 heavy (non-hydrogen) atoms. The van der Waals surface area contributed by atoms with Crippen molar-refractivity contribution in [1.82, 2.24) is 14.9 Å². The summed E-state index contributed by atoms with van der Waals surface area (Å²) in [6, 6.07) is 7.61. The van der Waals surface area contributed by atoms with Crippen LogP contribution in [0, 0.1) is 37.2 Å². The predicted molar refractivity (Wildman–Crippen MR) is 128 cm³/mol. The van der Waals surface area contributed by atoms with Gasteiger partial charge >= 0.3 is 0 Å². The Morgan fingerprint density at radius 3 is 2.71 bits per heavy atom. The lowest BCUT2D eigenvalue weighted by Gasteiger charge is -2.22. The molecule has 2 aromatic heterocycles. The van der Waals surface area contributed by atoms with E-state index in [1.54, 1.807) is 17.9 Å². The Hall–Kier alpha value is -3.13. The van der Waals surface area contributed by atoms with Crippen LogP contribution in [-0.4, -0.2) is 33.9 Å². The van der Waals surface area contributed by atoms with Crippen molar-refractivity contribution >= 4 is 28.1 Å². The van der Waals surface area contributed by atoms with E-state index in [9.17, 15) is 18.0 Å². The number of aryl methyl sites for hydroxylation is 2. The summed E-state index contributed by atoms with van der Waals surface area (Å²) in [5, 5.41) is 1.40. The fourth-order valence-corrected chi connectivity index (χ4v) is 5.16. The van der Waals surface area contributed by atoms with E-state index in [4.69, 9.17) is 0 Å². The second-order valence-electron chi connectivity index (χ2n) is 8.92. The third-order valence-electron chi connectivity index (χ3n) is 6.30. The maximum atomic E-state index is 14.8. The molecule has 8 heteroatoms. The third-order valence-corrected chi connectivity index (χ3v) is 7.30. The van der Waals surface area contributed by atoms with E-state index in [2.05, 4.69) is 9.97 Å². The molecule has 0 atom stereocenters. The summed E-state index contributed by atoms with van der Waals surface area (Å²) in [4.78, 5) is 23.3. The Kier molecular flexibility index (Phi) is 5.93. The lowest BCUT2D eigenvalue weighted by Crippen LogP contribution is -2.35. The first-order valence-electron chi connectivity index (χ1n) is 11.3. The van der Waals surface area contributed by atoms with Crippen LogP contribution in [0.15, 0.2) is 36.5 Å². The first-order valence-corrected chi connectivity index (χ1v) is 12.1. The minimum Gasteiger partial charge on any atom is -0.361 e. The molecule has 0 aliphatic heterocycles. The summed E-state index contributed by atoms with van der Waals surface area (Å²) in [5.74, 6) is -2.05. The zero-order valence-corrected chi connectivity index (χ0v) is 19.7. The van der Waals surface area contributed by atoms with Crippen LogP contribution >= 0.6 is 11.3 Å². The number of halogens is 3. The summed E-state index contributed by atoms with van der Waals surface area (Å²) >= 11 is 1.18. The van der Waals surface area contributed by atoms with Gasteiger partial charge in [-0.2, -0.15) is 0 Å². The number of hydrogen-bond donors (Lipinski definition) is 1. The van der Waals surface area contributed by atoms with Gasteiger partial charge in [0.25, 0.3) is 5.91 Å². The van der Waals surface area contributed by atoms with Gasteiger partial charge in [0.15, 0.2) is 11.6 Å². The minimum absolute atomic E-state index is 0.0514. The van der Waals surface area contributed by atoms with Gasteiger partial charge in [0.1, 0.15) is 11.5 Å². The number of thiazole rings is 1. The van der Waals surface area contributed by atoms with E-state index in [-0.39, 0.29) is 28.5 Å². The van der Waals surface area contributed by atoms with Gasteiger partial charge in [-0.25, -0.2) is 18.2 Å². The van der Waals surface area contributed by atoms with E-state index < -0.39 is 11.6 Å². The molecule has 2 heterocycles. The molecule has 1 aliphatic rings. The fourth-order valence-electron chi connectivity index (χ4n) is 4.23. The summed E-state index contributed by atoms with van der Waals surface area (Å²) in [5.41, 5.74) is 2.17. The lowest BCUT2D eigenvalue weighted by atomic mass is 10.1. The Balaban J connectivity index is 1.45. The van der Waals surface area contributed by atoms with Crippen LogP contribution in [0.1, 0.15) is 39.5 Å². The van der Waals surface area contributed by atoms with Crippen molar-refractivity contribution in [2.45, 2.75) is 33.1 Å². The molecule has 4 aromatic rings. The molecule has 0 saturated heterocycles. The zero-order valence-electron chi connectivity index (χ0n) is 18.9. The highest BCUT2D eigenvalue weighted by molar-refractivity contribution is 7.15. The van der Waals surface area contributed by atoms with Crippen molar-refractivity contribution < 1.29 is 18.0 Å². The molecule has 2 aromatic carbocycles. The van der Waals surface area contributed by atoms with Gasteiger partial charge in [-0.1, -0.05) is 12.1 Å². The molecular formula is C26H24F3N3OS. The van der Waals surface area contributed by atoms with Crippen LogP contribution in [0.25, 0.3) is 21.3 Å². The topological polar surface area (TPSA) is 49.0 Å². The highest BCUT2D eigenvalue weighted by Gasteiger charge is 2.31. The quantitative estimate of drug-likeness (QED) is 0.330. The van der Waals surface area contributed by atoms with Crippen molar-refractivity contribution in [2.24, 2.45) is 5.92 Å². The molecule has 4 nitrogen and oxygen atoms in total. The van der Waals surface area contributed by atoms with Gasteiger partial charge in [-0.15, -0.1) is 11.3 Å². The van der Waals surface area contributed by atoms with Crippen molar-refractivity contribution in [2.75, 3.05) is 13.1 Å². The first-order chi connectivity index (χ1) is 16.3. The molecule has 5 rings (SSSR count). The van der Waals surface area contributed by atoms with Crippen LogP contribution in [0.3, 0.4) is 0 Å². The second-order valence-corrected chi connectivity index (χ2v) is 10.1. The van der Waals surface area contributed by atoms with Gasteiger partial charge in [0.2, 0.25) is 0 Å². The van der Waals surface area contributed by atoms with E-state index in [0.717, 1.165) is 29.3 Å². The summed E-state index contributed by atoms with van der Waals surface area (Å²) in [6.45, 7) is 4.25.